The molecule has 5 heteroatoms. The Hall–Kier alpha value is -1.10. The molecule has 2 atom stereocenters. The van der Waals surface area contributed by atoms with E-state index in [1.807, 2.05) is 0 Å². The maximum atomic E-state index is 10.6. The molecule has 0 amide bonds. The number of aromatic nitrogens is 1. The smallest absolute Gasteiger partial charge is 0.347 e. The summed E-state index contributed by atoms with van der Waals surface area (Å²) in [7, 11) is 0. The standard InChI is InChI=1S/C10H14N2O2S/c1-2-3-6-4-7(6)12-10-11-5-8(15-10)9(13)14/h5-7H,2-4H2,1H3,(H,11,12)(H,13,14). The first kappa shape index (κ1) is 10.4. The predicted octanol–water partition coefficient (Wildman–Crippen LogP) is 2.44. The second-order valence-corrected chi connectivity index (χ2v) is 4.90. The lowest BCUT2D eigenvalue weighted by atomic mass is 10.2. The number of carboxylic acids is 1. The zero-order valence-corrected chi connectivity index (χ0v) is 9.38. The second kappa shape index (κ2) is 4.18. The number of nitrogens with one attached hydrogen (secondary N) is 1. The largest absolute Gasteiger partial charge is 0.477 e. The summed E-state index contributed by atoms with van der Waals surface area (Å²) in [5, 5.41) is 12.7. The van der Waals surface area contributed by atoms with Crippen LogP contribution in [0.25, 0.3) is 0 Å². The van der Waals surface area contributed by atoms with Gasteiger partial charge in [0.25, 0.3) is 0 Å². The molecule has 0 radical (unpaired) electrons. The van der Waals surface area contributed by atoms with Crippen LogP contribution in [-0.4, -0.2) is 22.1 Å². The molecule has 0 bridgehead atoms. The quantitative estimate of drug-likeness (QED) is 0.809. The van der Waals surface area contributed by atoms with Crippen LogP contribution in [-0.2, 0) is 0 Å². The molecule has 1 aliphatic carbocycles. The molecular formula is C10H14N2O2S. The number of thiazole rings is 1. The molecule has 1 heterocycles. The highest BCUT2D eigenvalue weighted by atomic mass is 32.1. The van der Waals surface area contributed by atoms with E-state index in [0.717, 1.165) is 11.0 Å². The van der Waals surface area contributed by atoms with Gasteiger partial charge in [0, 0.05) is 6.04 Å². The van der Waals surface area contributed by atoms with E-state index in [4.69, 9.17) is 5.11 Å². The van der Waals surface area contributed by atoms with E-state index in [1.165, 1.54) is 36.8 Å². The fraction of sp³-hybridized carbons (Fsp3) is 0.600. The maximum absolute atomic E-state index is 10.6. The zero-order chi connectivity index (χ0) is 10.8. The van der Waals surface area contributed by atoms with Gasteiger partial charge in [0.15, 0.2) is 5.13 Å². The molecule has 4 nitrogen and oxygen atoms in total. The van der Waals surface area contributed by atoms with Crippen LogP contribution in [0.2, 0.25) is 0 Å². The first-order valence-corrected chi connectivity index (χ1v) is 5.98. The number of hydrogen-bond donors (Lipinski definition) is 2. The predicted molar refractivity (Wildman–Crippen MR) is 59.5 cm³/mol. The number of nitrogens with zero attached hydrogens (tertiary/aromatic N) is 1. The van der Waals surface area contributed by atoms with E-state index in [-0.39, 0.29) is 0 Å². The van der Waals surface area contributed by atoms with Crippen LogP contribution in [0.4, 0.5) is 5.13 Å². The third-order valence-electron chi connectivity index (χ3n) is 2.61. The van der Waals surface area contributed by atoms with Gasteiger partial charge in [-0.2, -0.15) is 0 Å². The van der Waals surface area contributed by atoms with E-state index in [1.54, 1.807) is 0 Å². The van der Waals surface area contributed by atoms with Gasteiger partial charge < -0.3 is 10.4 Å². The summed E-state index contributed by atoms with van der Waals surface area (Å²) in [4.78, 5) is 15.0. The highest BCUT2D eigenvalue weighted by Gasteiger charge is 2.36. The van der Waals surface area contributed by atoms with Crippen molar-refractivity contribution in [1.82, 2.24) is 4.98 Å². The van der Waals surface area contributed by atoms with Gasteiger partial charge in [0.1, 0.15) is 4.88 Å². The Labute approximate surface area is 92.3 Å². The van der Waals surface area contributed by atoms with Gasteiger partial charge >= 0.3 is 5.97 Å². The molecule has 1 aromatic heterocycles. The Balaban J connectivity index is 1.87. The van der Waals surface area contributed by atoms with Crippen LogP contribution >= 0.6 is 11.3 Å². The van der Waals surface area contributed by atoms with E-state index in [9.17, 15) is 4.79 Å². The average Bonchev–Trinajstić information content (AvgIpc) is 2.75. The zero-order valence-electron chi connectivity index (χ0n) is 8.56. The van der Waals surface area contributed by atoms with E-state index in [0.29, 0.717) is 10.9 Å². The molecule has 15 heavy (non-hydrogen) atoms. The first-order valence-electron chi connectivity index (χ1n) is 5.16. The number of carboxylic acid groups (broad SMARTS) is 1. The molecule has 2 unspecified atom stereocenters. The normalized spacial score (nSPS) is 23.8. The third kappa shape index (κ3) is 2.47. The summed E-state index contributed by atoms with van der Waals surface area (Å²) < 4.78 is 0. The van der Waals surface area contributed by atoms with E-state index in [2.05, 4.69) is 17.2 Å². The minimum atomic E-state index is -0.901. The molecule has 1 saturated carbocycles. The molecule has 2 rings (SSSR count). The number of anilines is 1. The summed E-state index contributed by atoms with van der Waals surface area (Å²) in [6.45, 7) is 2.18. The van der Waals surface area contributed by atoms with Crippen LogP contribution in [0.15, 0.2) is 6.20 Å². The lowest BCUT2D eigenvalue weighted by Gasteiger charge is -1.99. The molecule has 1 aromatic rings. The molecule has 0 saturated heterocycles. The Morgan fingerprint density at radius 1 is 1.80 bits per heavy atom. The van der Waals surface area contributed by atoms with Crippen molar-refractivity contribution >= 4 is 22.4 Å². The van der Waals surface area contributed by atoms with E-state index < -0.39 is 5.97 Å². The molecule has 0 spiro atoms. The molecule has 0 aromatic carbocycles. The molecule has 1 fully saturated rings. The van der Waals surface area contributed by atoms with Gasteiger partial charge in [-0.3, -0.25) is 0 Å². The lowest BCUT2D eigenvalue weighted by Crippen LogP contribution is -2.03. The van der Waals surface area contributed by atoms with Crippen LogP contribution < -0.4 is 5.32 Å². The molecule has 82 valence electrons. The maximum Gasteiger partial charge on any atom is 0.347 e. The minimum Gasteiger partial charge on any atom is -0.477 e. The summed E-state index contributed by atoms with van der Waals surface area (Å²) >= 11 is 1.21. The SMILES string of the molecule is CCCC1CC1Nc1ncc(C(=O)O)s1. The van der Waals surface area contributed by atoms with Gasteiger partial charge in [-0.25, -0.2) is 9.78 Å². The van der Waals surface area contributed by atoms with Crippen LogP contribution in [0.3, 0.4) is 0 Å². The fourth-order valence-corrected chi connectivity index (χ4v) is 2.43. The van der Waals surface area contributed by atoms with Gasteiger partial charge in [-0.1, -0.05) is 24.7 Å². The Morgan fingerprint density at radius 2 is 2.60 bits per heavy atom. The van der Waals surface area contributed by atoms with Crippen LogP contribution in [0.1, 0.15) is 35.9 Å². The number of hydrogen-bond acceptors (Lipinski definition) is 4. The molecule has 0 aliphatic heterocycles. The van der Waals surface area contributed by atoms with Crippen molar-refractivity contribution < 1.29 is 9.90 Å². The van der Waals surface area contributed by atoms with Crippen molar-refractivity contribution in [3.8, 4) is 0 Å². The molecule has 2 N–H and O–H groups in total. The summed E-state index contributed by atoms with van der Waals surface area (Å²) in [5.41, 5.74) is 0. The summed E-state index contributed by atoms with van der Waals surface area (Å²) in [6.07, 6.45) is 5.05. The number of rotatable bonds is 5. The summed E-state index contributed by atoms with van der Waals surface area (Å²) in [6, 6.07) is 0.512. The van der Waals surface area contributed by atoms with Gasteiger partial charge in [0.05, 0.1) is 6.20 Å². The highest BCUT2D eigenvalue weighted by Crippen LogP contribution is 2.37. The number of aromatic carboxylic acids is 1. The summed E-state index contributed by atoms with van der Waals surface area (Å²) in [5.74, 6) is -0.145. The fourth-order valence-electron chi connectivity index (χ4n) is 1.71. The van der Waals surface area contributed by atoms with Gasteiger partial charge in [-0.15, -0.1) is 0 Å². The topological polar surface area (TPSA) is 62.2 Å². The number of carbonyl (C=O) groups is 1. The molecule has 1 aliphatic rings. The Kier molecular flexibility index (Phi) is 2.90. The minimum absolute atomic E-state index is 0.296. The molecular weight excluding hydrogens is 212 g/mol. The van der Waals surface area contributed by atoms with E-state index >= 15 is 0 Å². The lowest BCUT2D eigenvalue weighted by molar-refractivity contribution is 0.0702. The average molecular weight is 226 g/mol. The second-order valence-electron chi connectivity index (χ2n) is 3.87. The highest BCUT2D eigenvalue weighted by molar-refractivity contribution is 7.17. The van der Waals surface area contributed by atoms with Crippen molar-refractivity contribution in [2.24, 2.45) is 5.92 Å². The Morgan fingerprint density at radius 3 is 3.20 bits per heavy atom. The van der Waals surface area contributed by atoms with Crippen molar-refractivity contribution in [3.05, 3.63) is 11.1 Å². The van der Waals surface area contributed by atoms with Crippen LogP contribution in [0, 0.1) is 5.92 Å². The Bertz CT molecular complexity index is 364. The van der Waals surface area contributed by atoms with Crippen molar-refractivity contribution in [3.63, 3.8) is 0 Å². The van der Waals surface area contributed by atoms with Crippen molar-refractivity contribution in [2.75, 3.05) is 5.32 Å². The monoisotopic (exact) mass is 226 g/mol. The van der Waals surface area contributed by atoms with Crippen molar-refractivity contribution in [1.29, 1.82) is 0 Å². The first-order chi connectivity index (χ1) is 7.20. The third-order valence-corrected chi connectivity index (χ3v) is 3.52. The van der Waals surface area contributed by atoms with Gasteiger partial charge in [0.2, 0.25) is 0 Å². The van der Waals surface area contributed by atoms with Gasteiger partial charge in [-0.05, 0) is 18.8 Å². The van der Waals surface area contributed by atoms with Crippen LogP contribution in [0.5, 0.6) is 0 Å². The van der Waals surface area contributed by atoms with Crippen molar-refractivity contribution in [2.45, 2.75) is 32.2 Å².